The van der Waals surface area contributed by atoms with Gasteiger partial charge in [0.15, 0.2) is 0 Å². The van der Waals surface area contributed by atoms with Crippen molar-refractivity contribution in [3.8, 4) is 50.7 Å². The number of fused-ring (bicyclic) bond motifs is 6. The van der Waals surface area contributed by atoms with Crippen molar-refractivity contribution in [2.75, 3.05) is 0 Å². The molecule has 0 saturated heterocycles. The van der Waals surface area contributed by atoms with Crippen LogP contribution in [0.2, 0.25) is 0 Å². The van der Waals surface area contributed by atoms with E-state index in [4.69, 9.17) is 9.97 Å². The molecule has 0 aliphatic carbocycles. The number of para-hydroxylation sites is 1. The Morgan fingerprint density at radius 1 is 0.380 bits per heavy atom. The molecule has 4 heteroatoms. The average molecular weight is 656 g/mol. The molecule has 50 heavy (non-hydrogen) atoms. The first-order valence-electron chi connectivity index (χ1n) is 16.8. The van der Waals surface area contributed by atoms with Gasteiger partial charge in [-0.25, -0.2) is 9.97 Å². The van der Waals surface area contributed by atoms with Gasteiger partial charge in [-0.1, -0.05) is 146 Å². The zero-order valence-corrected chi connectivity index (χ0v) is 27.8. The van der Waals surface area contributed by atoms with Crippen LogP contribution in [0.3, 0.4) is 0 Å². The van der Waals surface area contributed by atoms with Crippen LogP contribution in [0, 0.1) is 0 Å². The monoisotopic (exact) mass is 655 g/mol. The van der Waals surface area contributed by atoms with Gasteiger partial charge >= 0.3 is 0 Å². The molecule has 10 rings (SSSR count). The second-order valence-electron chi connectivity index (χ2n) is 12.6. The van der Waals surface area contributed by atoms with E-state index in [9.17, 15) is 0 Å². The molecule has 0 aliphatic rings. The molecule has 0 spiro atoms. The summed E-state index contributed by atoms with van der Waals surface area (Å²) in [5, 5.41) is 4.98. The minimum absolute atomic E-state index is 0.652. The van der Waals surface area contributed by atoms with Crippen molar-refractivity contribution in [3.05, 3.63) is 176 Å². The van der Waals surface area contributed by atoms with E-state index in [2.05, 4.69) is 168 Å². The lowest BCUT2D eigenvalue weighted by Crippen LogP contribution is -2.04. The first kappa shape index (κ1) is 28.6. The number of benzene rings is 7. The maximum atomic E-state index is 5.27. The highest BCUT2D eigenvalue weighted by Crippen LogP contribution is 2.42. The fourth-order valence-corrected chi connectivity index (χ4v) is 8.47. The molecule has 0 radical (unpaired) electrons. The number of hydrogen-bond donors (Lipinski definition) is 0. The normalized spacial score (nSPS) is 11.6. The Hall–Kier alpha value is -6.36. The van der Waals surface area contributed by atoms with E-state index in [1.54, 1.807) is 0 Å². The van der Waals surface area contributed by atoms with Crippen LogP contribution in [0.1, 0.15) is 0 Å². The van der Waals surface area contributed by atoms with Gasteiger partial charge in [0.1, 0.15) is 0 Å². The molecule has 3 nitrogen and oxygen atoms in total. The second-order valence-corrected chi connectivity index (χ2v) is 13.7. The summed E-state index contributed by atoms with van der Waals surface area (Å²) in [6.07, 6.45) is 0. The molecule has 0 bridgehead atoms. The lowest BCUT2D eigenvalue weighted by molar-refractivity contribution is 0.995. The summed E-state index contributed by atoms with van der Waals surface area (Å²) in [5.74, 6) is 0.652. The Labute approximate surface area is 293 Å². The number of rotatable bonds is 5. The Balaban J connectivity index is 1.17. The van der Waals surface area contributed by atoms with Crippen molar-refractivity contribution in [1.82, 2.24) is 14.5 Å². The maximum absolute atomic E-state index is 5.27. The van der Waals surface area contributed by atoms with Crippen LogP contribution in [0.25, 0.3) is 92.7 Å². The summed E-state index contributed by atoms with van der Waals surface area (Å²) in [6.45, 7) is 0. The highest BCUT2D eigenvalue weighted by atomic mass is 32.1. The molecule has 0 saturated carbocycles. The second kappa shape index (κ2) is 11.7. The number of thiophene rings is 1. The first-order chi connectivity index (χ1) is 24.8. The van der Waals surface area contributed by atoms with Gasteiger partial charge in [-0.15, -0.1) is 11.3 Å². The van der Waals surface area contributed by atoms with Crippen LogP contribution in [-0.2, 0) is 0 Å². The third-order valence-corrected chi connectivity index (χ3v) is 10.9. The number of hydrogen-bond acceptors (Lipinski definition) is 3. The van der Waals surface area contributed by atoms with E-state index >= 15 is 0 Å². The SMILES string of the molecule is c1ccc(-c2ccc(-c3cc(-c4ccccc4)nc(-n4c5ccccc5c5cc(-c6cccc7c6sc6ccccc67)ccc54)n3)cc2)cc1. The molecule has 234 valence electrons. The highest BCUT2D eigenvalue weighted by Gasteiger charge is 2.18. The predicted octanol–water partition coefficient (Wildman–Crippen LogP) is 12.6. The van der Waals surface area contributed by atoms with E-state index in [0.717, 1.165) is 33.5 Å². The van der Waals surface area contributed by atoms with E-state index in [1.807, 2.05) is 23.5 Å². The van der Waals surface area contributed by atoms with Gasteiger partial charge in [-0.3, -0.25) is 4.57 Å². The van der Waals surface area contributed by atoms with Crippen LogP contribution in [0.5, 0.6) is 0 Å². The predicted molar refractivity (Wildman–Crippen MR) is 211 cm³/mol. The van der Waals surface area contributed by atoms with Crippen LogP contribution in [0.15, 0.2) is 176 Å². The average Bonchev–Trinajstić information content (AvgIpc) is 3.74. The van der Waals surface area contributed by atoms with Crippen molar-refractivity contribution in [3.63, 3.8) is 0 Å². The van der Waals surface area contributed by atoms with Crippen LogP contribution in [0.4, 0.5) is 0 Å². The summed E-state index contributed by atoms with van der Waals surface area (Å²) in [5.41, 5.74) is 10.9. The van der Waals surface area contributed by atoms with Gasteiger partial charge in [0.05, 0.1) is 22.4 Å². The Bertz CT molecular complexity index is 2850. The number of aromatic nitrogens is 3. The maximum Gasteiger partial charge on any atom is 0.235 e. The lowest BCUT2D eigenvalue weighted by Gasteiger charge is -2.12. The standard InChI is InChI=1S/C46H29N3S/c1-3-12-30(13-4-1)31-22-24-33(25-23-31)41-29-40(32-14-5-2-6-15-32)47-46(48-41)49-42-20-9-7-16-36(42)39-28-34(26-27-43(39)49)35-18-11-19-38-37-17-8-10-21-44(37)50-45(35)38/h1-29H. The molecule has 0 unspecified atom stereocenters. The minimum Gasteiger partial charge on any atom is -0.278 e. The molecule has 0 N–H and O–H groups in total. The fraction of sp³-hybridized carbons (Fsp3) is 0. The molecule has 7 aromatic carbocycles. The minimum atomic E-state index is 0.652. The van der Waals surface area contributed by atoms with Crippen molar-refractivity contribution < 1.29 is 0 Å². The van der Waals surface area contributed by atoms with E-state index in [-0.39, 0.29) is 0 Å². The zero-order chi connectivity index (χ0) is 33.0. The van der Waals surface area contributed by atoms with E-state index < -0.39 is 0 Å². The molecule has 0 atom stereocenters. The Morgan fingerprint density at radius 2 is 0.940 bits per heavy atom. The summed E-state index contributed by atoms with van der Waals surface area (Å²) >= 11 is 1.87. The molecule has 3 heterocycles. The summed E-state index contributed by atoms with van der Waals surface area (Å²) < 4.78 is 4.86. The van der Waals surface area contributed by atoms with Crippen LogP contribution >= 0.6 is 11.3 Å². The topological polar surface area (TPSA) is 30.7 Å². The molecular weight excluding hydrogens is 627 g/mol. The Morgan fingerprint density at radius 3 is 1.72 bits per heavy atom. The van der Waals surface area contributed by atoms with Crippen molar-refractivity contribution in [1.29, 1.82) is 0 Å². The summed E-state index contributed by atoms with van der Waals surface area (Å²) in [6, 6.07) is 62.4. The van der Waals surface area contributed by atoms with Gasteiger partial charge in [-0.05, 0) is 52.6 Å². The third kappa shape index (κ3) is 4.73. The van der Waals surface area contributed by atoms with Gasteiger partial charge in [0, 0.05) is 42.1 Å². The fourth-order valence-electron chi connectivity index (χ4n) is 7.23. The molecule has 0 aliphatic heterocycles. The van der Waals surface area contributed by atoms with Crippen molar-refractivity contribution >= 4 is 53.3 Å². The van der Waals surface area contributed by atoms with Gasteiger partial charge in [-0.2, -0.15) is 0 Å². The van der Waals surface area contributed by atoms with Gasteiger partial charge in [0.2, 0.25) is 5.95 Å². The smallest absolute Gasteiger partial charge is 0.235 e. The largest absolute Gasteiger partial charge is 0.278 e. The molecule has 0 amide bonds. The summed E-state index contributed by atoms with van der Waals surface area (Å²) in [7, 11) is 0. The molecule has 10 aromatic rings. The van der Waals surface area contributed by atoms with E-state index in [0.29, 0.717) is 5.95 Å². The molecule has 3 aromatic heterocycles. The third-order valence-electron chi connectivity index (χ3n) is 9.66. The van der Waals surface area contributed by atoms with Gasteiger partial charge < -0.3 is 0 Å². The van der Waals surface area contributed by atoms with Crippen molar-refractivity contribution in [2.45, 2.75) is 0 Å². The highest BCUT2D eigenvalue weighted by molar-refractivity contribution is 7.26. The first-order valence-corrected chi connectivity index (χ1v) is 17.6. The summed E-state index contributed by atoms with van der Waals surface area (Å²) in [4.78, 5) is 10.5. The number of nitrogens with zero attached hydrogens (tertiary/aromatic N) is 3. The van der Waals surface area contributed by atoms with Crippen LogP contribution < -0.4 is 0 Å². The lowest BCUT2D eigenvalue weighted by atomic mass is 10.0. The van der Waals surface area contributed by atoms with Crippen molar-refractivity contribution in [2.24, 2.45) is 0 Å². The quantitative estimate of drug-likeness (QED) is 0.185. The van der Waals surface area contributed by atoms with Gasteiger partial charge in [0.25, 0.3) is 0 Å². The Kier molecular flexibility index (Phi) is 6.68. The molecule has 0 fully saturated rings. The molecular formula is C46H29N3S. The van der Waals surface area contributed by atoms with Crippen LogP contribution in [-0.4, -0.2) is 14.5 Å². The zero-order valence-electron chi connectivity index (χ0n) is 27.0. The van der Waals surface area contributed by atoms with E-state index in [1.165, 1.54) is 53.2 Å².